The minimum Gasteiger partial charge on any atom is -0.316 e. The summed E-state index contributed by atoms with van der Waals surface area (Å²) in [6, 6.07) is 1.59. The van der Waals surface area contributed by atoms with Crippen LogP contribution in [-0.4, -0.2) is 36.6 Å². The van der Waals surface area contributed by atoms with Gasteiger partial charge in [-0.3, -0.25) is 4.90 Å². The third kappa shape index (κ3) is 1.94. The number of rotatable bonds is 3. The Morgan fingerprint density at radius 3 is 2.60 bits per heavy atom. The van der Waals surface area contributed by atoms with Gasteiger partial charge in [-0.15, -0.1) is 0 Å². The standard InChI is InChI=1S/C13H26N2/c1-5-13-12-7-14-6-11(12)8-15(13)10(4)9(2)3/h9-14H,5-8H2,1-4H3. The lowest BCUT2D eigenvalue weighted by atomic mass is 9.92. The van der Waals surface area contributed by atoms with Crippen molar-refractivity contribution in [2.75, 3.05) is 19.6 Å². The molecule has 4 atom stereocenters. The number of hydrogen-bond donors (Lipinski definition) is 1. The quantitative estimate of drug-likeness (QED) is 0.766. The Labute approximate surface area is 94.4 Å². The van der Waals surface area contributed by atoms with Crippen LogP contribution < -0.4 is 5.32 Å². The first-order chi connectivity index (χ1) is 7.15. The van der Waals surface area contributed by atoms with Crippen LogP contribution in [0.3, 0.4) is 0 Å². The largest absolute Gasteiger partial charge is 0.316 e. The van der Waals surface area contributed by atoms with Crippen molar-refractivity contribution >= 4 is 0 Å². The molecule has 88 valence electrons. The van der Waals surface area contributed by atoms with Crippen LogP contribution >= 0.6 is 0 Å². The Hall–Kier alpha value is -0.0800. The molecule has 2 nitrogen and oxygen atoms in total. The van der Waals surface area contributed by atoms with E-state index in [0.29, 0.717) is 0 Å². The number of likely N-dealkylation sites (tertiary alicyclic amines) is 1. The fourth-order valence-electron chi connectivity index (χ4n) is 3.44. The maximum Gasteiger partial charge on any atom is 0.0140 e. The molecule has 1 N–H and O–H groups in total. The highest BCUT2D eigenvalue weighted by Gasteiger charge is 2.44. The highest BCUT2D eigenvalue weighted by Crippen LogP contribution is 2.36. The molecule has 2 heterocycles. The number of nitrogens with one attached hydrogen (secondary N) is 1. The highest BCUT2D eigenvalue weighted by atomic mass is 15.2. The third-order valence-electron chi connectivity index (χ3n) is 4.66. The number of fused-ring (bicyclic) bond motifs is 1. The van der Waals surface area contributed by atoms with Gasteiger partial charge in [0, 0.05) is 18.6 Å². The van der Waals surface area contributed by atoms with Gasteiger partial charge in [-0.1, -0.05) is 20.8 Å². The number of hydrogen-bond acceptors (Lipinski definition) is 2. The molecule has 0 amide bonds. The molecule has 0 aromatic rings. The van der Waals surface area contributed by atoms with Crippen LogP contribution in [0.1, 0.15) is 34.1 Å². The Morgan fingerprint density at radius 1 is 1.27 bits per heavy atom. The molecule has 0 radical (unpaired) electrons. The molecule has 0 aromatic heterocycles. The summed E-state index contributed by atoms with van der Waals surface area (Å²) in [5.74, 6) is 2.64. The predicted octanol–water partition coefficient (Wildman–Crippen LogP) is 1.96. The Balaban J connectivity index is 2.07. The smallest absolute Gasteiger partial charge is 0.0140 e. The second-order valence-electron chi connectivity index (χ2n) is 5.74. The molecule has 2 fully saturated rings. The molecule has 2 aliphatic rings. The molecule has 0 spiro atoms. The lowest BCUT2D eigenvalue weighted by Gasteiger charge is -2.34. The topological polar surface area (TPSA) is 15.3 Å². The van der Waals surface area contributed by atoms with E-state index in [2.05, 4.69) is 37.9 Å². The molecule has 2 heteroatoms. The van der Waals surface area contributed by atoms with Crippen LogP contribution in [0.5, 0.6) is 0 Å². The van der Waals surface area contributed by atoms with Crippen molar-refractivity contribution < 1.29 is 0 Å². The van der Waals surface area contributed by atoms with E-state index < -0.39 is 0 Å². The lowest BCUT2D eigenvalue weighted by molar-refractivity contribution is 0.132. The summed E-state index contributed by atoms with van der Waals surface area (Å²) in [6.07, 6.45) is 1.32. The van der Waals surface area contributed by atoms with Crippen LogP contribution in [0.4, 0.5) is 0 Å². The van der Waals surface area contributed by atoms with Gasteiger partial charge < -0.3 is 5.32 Å². The zero-order valence-corrected chi connectivity index (χ0v) is 10.7. The first-order valence-electron chi connectivity index (χ1n) is 6.61. The van der Waals surface area contributed by atoms with E-state index in [1.807, 2.05) is 0 Å². The van der Waals surface area contributed by atoms with E-state index in [9.17, 15) is 0 Å². The van der Waals surface area contributed by atoms with E-state index >= 15 is 0 Å². The predicted molar refractivity (Wildman–Crippen MR) is 64.9 cm³/mol. The molecule has 0 bridgehead atoms. The molecule has 15 heavy (non-hydrogen) atoms. The molecule has 2 saturated heterocycles. The highest BCUT2D eigenvalue weighted by molar-refractivity contribution is 4.99. The van der Waals surface area contributed by atoms with Crippen LogP contribution in [0.25, 0.3) is 0 Å². The molecular formula is C13H26N2. The summed E-state index contributed by atoms with van der Waals surface area (Å²) < 4.78 is 0. The molecule has 4 unspecified atom stereocenters. The van der Waals surface area contributed by atoms with Crippen molar-refractivity contribution in [3.63, 3.8) is 0 Å². The molecule has 2 rings (SSSR count). The Bertz CT molecular complexity index is 215. The van der Waals surface area contributed by atoms with Gasteiger partial charge in [-0.05, 0) is 44.2 Å². The minimum absolute atomic E-state index is 0.751. The van der Waals surface area contributed by atoms with Crippen LogP contribution in [0.15, 0.2) is 0 Å². The average Bonchev–Trinajstić information content (AvgIpc) is 2.74. The summed E-state index contributed by atoms with van der Waals surface area (Å²) in [7, 11) is 0. The number of nitrogens with zero attached hydrogens (tertiary/aromatic N) is 1. The second kappa shape index (κ2) is 4.42. The monoisotopic (exact) mass is 210 g/mol. The summed E-state index contributed by atoms with van der Waals surface area (Å²) >= 11 is 0. The van der Waals surface area contributed by atoms with Gasteiger partial charge in [0.1, 0.15) is 0 Å². The van der Waals surface area contributed by atoms with Gasteiger partial charge in [0.2, 0.25) is 0 Å². The first kappa shape index (κ1) is 11.4. The zero-order valence-electron chi connectivity index (χ0n) is 10.7. The third-order valence-corrected chi connectivity index (χ3v) is 4.66. The first-order valence-corrected chi connectivity index (χ1v) is 6.61. The van der Waals surface area contributed by atoms with Gasteiger partial charge in [-0.25, -0.2) is 0 Å². The minimum atomic E-state index is 0.751. The fourth-order valence-corrected chi connectivity index (χ4v) is 3.44. The maximum atomic E-state index is 3.55. The Morgan fingerprint density at radius 2 is 2.00 bits per heavy atom. The van der Waals surface area contributed by atoms with Crippen molar-refractivity contribution in [3.05, 3.63) is 0 Å². The molecule has 0 saturated carbocycles. The molecule has 0 aromatic carbocycles. The van der Waals surface area contributed by atoms with Gasteiger partial charge in [0.05, 0.1) is 0 Å². The van der Waals surface area contributed by atoms with Gasteiger partial charge in [0.25, 0.3) is 0 Å². The summed E-state index contributed by atoms with van der Waals surface area (Å²) in [5, 5.41) is 3.55. The average molecular weight is 210 g/mol. The van der Waals surface area contributed by atoms with Gasteiger partial charge >= 0.3 is 0 Å². The normalized spacial score (nSPS) is 38.6. The van der Waals surface area contributed by atoms with Crippen molar-refractivity contribution in [2.24, 2.45) is 17.8 Å². The molecular weight excluding hydrogens is 184 g/mol. The SMILES string of the molecule is CCC1C2CNCC2CN1C(C)C(C)C. The van der Waals surface area contributed by atoms with Crippen LogP contribution in [0.2, 0.25) is 0 Å². The van der Waals surface area contributed by atoms with Crippen molar-refractivity contribution in [1.29, 1.82) is 0 Å². The zero-order chi connectivity index (χ0) is 11.0. The summed E-state index contributed by atoms with van der Waals surface area (Å²) in [6.45, 7) is 13.3. The van der Waals surface area contributed by atoms with Crippen molar-refractivity contribution in [3.8, 4) is 0 Å². The van der Waals surface area contributed by atoms with Crippen LogP contribution in [0, 0.1) is 17.8 Å². The van der Waals surface area contributed by atoms with Crippen molar-refractivity contribution in [1.82, 2.24) is 10.2 Å². The Kier molecular flexibility index (Phi) is 3.36. The van der Waals surface area contributed by atoms with E-state index in [1.165, 1.54) is 26.1 Å². The fraction of sp³-hybridized carbons (Fsp3) is 1.00. The molecule has 2 aliphatic heterocycles. The maximum absolute atomic E-state index is 3.55. The van der Waals surface area contributed by atoms with Gasteiger partial charge in [-0.2, -0.15) is 0 Å². The summed E-state index contributed by atoms with van der Waals surface area (Å²) in [4.78, 5) is 2.78. The van der Waals surface area contributed by atoms with E-state index in [-0.39, 0.29) is 0 Å². The van der Waals surface area contributed by atoms with E-state index in [0.717, 1.165) is 29.8 Å². The van der Waals surface area contributed by atoms with E-state index in [1.54, 1.807) is 0 Å². The summed E-state index contributed by atoms with van der Waals surface area (Å²) in [5.41, 5.74) is 0. The van der Waals surface area contributed by atoms with Crippen LogP contribution in [-0.2, 0) is 0 Å². The lowest BCUT2D eigenvalue weighted by Crippen LogP contribution is -2.43. The van der Waals surface area contributed by atoms with Gasteiger partial charge in [0.15, 0.2) is 0 Å². The van der Waals surface area contributed by atoms with E-state index in [4.69, 9.17) is 0 Å². The second-order valence-corrected chi connectivity index (χ2v) is 5.74. The molecule has 0 aliphatic carbocycles. The van der Waals surface area contributed by atoms with Crippen molar-refractivity contribution in [2.45, 2.75) is 46.2 Å².